The number of hydrogen-bond acceptors (Lipinski definition) is 2. The van der Waals surface area contributed by atoms with Crippen LogP contribution in [0.4, 0.5) is 15.9 Å². The van der Waals surface area contributed by atoms with Gasteiger partial charge in [0.2, 0.25) is 0 Å². The van der Waals surface area contributed by atoms with Crippen molar-refractivity contribution < 1.29 is 4.39 Å². The molecule has 2 rings (SSSR count). The van der Waals surface area contributed by atoms with Gasteiger partial charge in [-0.2, -0.15) is 0 Å². The minimum absolute atomic E-state index is 0.320. The summed E-state index contributed by atoms with van der Waals surface area (Å²) in [6.07, 6.45) is 1.63. The van der Waals surface area contributed by atoms with Crippen molar-refractivity contribution in [1.29, 1.82) is 0 Å². The van der Waals surface area contributed by atoms with Crippen LogP contribution in [0.25, 0.3) is 0 Å². The highest BCUT2D eigenvalue weighted by Crippen LogP contribution is 2.30. The van der Waals surface area contributed by atoms with Gasteiger partial charge in [-0.1, -0.05) is 23.7 Å². The number of nitrogens with zero attached hydrogens (tertiary/aromatic N) is 2. The van der Waals surface area contributed by atoms with Gasteiger partial charge in [-0.3, -0.25) is 0 Å². The van der Waals surface area contributed by atoms with E-state index in [2.05, 4.69) is 4.98 Å². The first-order valence-corrected chi connectivity index (χ1v) is 6.23. The lowest BCUT2D eigenvalue weighted by Gasteiger charge is -2.20. The Morgan fingerprint density at radius 1 is 1.33 bits per heavy atom. The van der Waals surface area contributed by atoms with Crippen molar-refractivity contribution in [3.8, 4) is 0 Å². The first-order chi connectivity index (χ1) is 8.63. The van der Waals surface area contributed by atoms with Gasteiger partial charge in [0.05, 0.1) is 10.7 Å². The minimum atomic E-state index is -0.320. The number of anilines is 2. The minimum Gasteiger partial charge on any atom is -0.326 e. The van der Waals surface area contributed by atoms with Crippen molar-refractivity contribution in [3.05, 3.63) is 52.9 Å². The SMILES string of the molecule is CN(c1ccccc1F)c1ncc(CCl)cc1Cl. The second kappa shape index (κ2) is 5.55. The van der Waals surface area contributed by atoms with E-state index < -0.39 is 0 Å². The van der Waals surface area contributed by atoms with Gasteiger partial charge in [0, 0.05) is 19.1 Å². The highest BCUT2D eigenvalue weighted by molar-refractivity contribution is 6.33. The molecule has 5 heteroatoms. The average molecular weight is 285 g/mol. The maximum atomic E-state index is 13.7. The van der Waals surface area contributed by atoms with Crippen LogP contribution >= 0.6 is 23.2 Å². The molecule has 1 aromatic carbocycles. The smallest absolute Gasteiger partial charge is 0.151 e. The molecule has 0 atom stereocenters. The number of pyridine rings is 1. The summed E-state index contributed by atoms with van der Waals surface area (Å²) in [6, 6.07) is 8.19. The zero-order valence-corrected chi connectivity index (χ0v) is 11.2. The second-order valence-electron chi connectivity index (χ2n) is 3.79. The van der Waals surface area contributed by atoms with Gasteiger partial charge in [-0.15, -0.1) is 11.6 Å². The lowest BCUT2D eigenvalue weighted by atomic mass is 10.2. The van der Waals surface area contributed by atoms with Gasteiger partial charge >= 0.3 is 0 Å². The first-order valence-electron chi connectivity index (χ1n) is 5.32. The predicted octanol–water partition coefficient (Wildman–Crippen LogP) is 4.38. The van der Waals surface area contributed by atoms with Crippen LogP contribution in [0.15, 0.2) is 36.5 Å². The molecule has 0 saturated heterocycles. The normalized spacial score (nSPS) is 10.4. The maximum absolute atomic E-state index is 13.7. The molecular weight excluding hydrogens is 274 g/mol. The summed E-state index contributed by atoms with van der Waals surface area (Å²) in [5, 5.41) is 0.443. The predicted molar refractivity (Wildman–Crippen MR) is 73.3 cm³/mol. The fourth-order valence-electron chi connectivity index (χ4n) is 1.63. The molecule has 0 radical (unpaired) electrons. The van der Waals surface area contributed by atoms with E-state index in [9.17, 15) is 4.39 Å². The Balaban J connectivity index is 2.40. The Morgan fingerprint density at radius 3 is 2.67 bits per heavy atom. The molecule has 0 aliphatic carbocycles. The molecule has 94 valence electrons. The monoisotopic (exact) mass is 284 g/mol. The molecule has 0 unspecified atom stereocenters. The molecule has 2 nitrogen and oxygen atoms in total. The van der Waals surface area contributed by atoms with E-state index in [1.54, 1.807) is 42.4 Å². The summed E-state index contributed by atoms with van der Waals surface area (Å²) in [7, 11) is 1.72. The van der Waals surface area contributed by atoms with Crippen LogP contribution in [0.2, 0.25) is 5.02 Å². The third-order valence-corrected chi connectivity index (χ3v) is 3.15. The molecule has 0 saturated carbocycles. The number of halogens is 3. The van der Waals surface area contributed by atoms with Crippen LogP contribution in [0.5, 0.6) is 0 Å². The van der Waals surface area contributed by atoms with E-state index in [1.165, 1.54) is 6.07 Å². The molecule has 1 aromatic heterocycles. The number of rotatable bonds is 3. The van der Waals surface area contributed by atoms with Crippen LogP contribution in [0, 0.1) is 5.82 Å². The lowest BCUT2D eigenvalue weighted by Crippen LogP contribution is -2.13. The Hall–Kier alpha value is -1.32. The van der Waals surface area contributed by atoms with Crippen LogP contribution in [-0.2, 0) is 5.88 Å². The van der Waals surface area contributed by atoms with Gasteiger partial charge in [-0.25, -0.2) is 9.37 Å². The van der Waals surface area contributed by atoms with Crippen molar-refractivity contribution in [2.45, 2.75) is 5.88 Å². The van der Waals surface area contributed by atoms with Crippen molar-refractivity contribution in [3.63, 3.8) is 0 Å². The molecule has 0 aliphatic heterocycles. The van der Waals surface area contributed by atoms with E-state index in [-0.39, 0.29) is 5.82 Å². The van der Waals surface area contributed by atoms with Crippen LogP contribution < -0.4 is 4.90 Å². The van der Waals surface area contributed by atoms with Crippen molar-refractivity contribution >= 4 is 34.7 Å². The van der Waals surface area contributed by atoms with Crippen LogP contribution in [-0.4, -0.2) is 12.0 Å². The molecule has 0 N–H and O–H groups in total. The molecule has 0 bridgehead atoms. The molecule has 0 amide bonds. The molecule has 1 heterocycles. The largest absolute Gasteiger partial charge is 0.326 e. The Kier molecular flexibility index (Phi) is 4.04. The molecule has 2 aromatic rings. The van der Waals surface area contributed by atoms with Crippen molar-refractivity contribution in [2.24, 2.45) is 0 Å². The average Bonchev–Trinajstić information content (AvgIpc) is 2.38. The summed E-state index contributed by atoms with van der Waals surface area (Å²) in [6.45, 7) is 0. The van der Waals surface area contributed by atoms with Crippen molar-refractivity contribution in [1.82, 2.24) is 4.98 Å². The van der Waals surface area contributed by atoms with E-state index >= 15 is 0 Å². The highest BCUT2D eigenvalue weighted by Gasteiger charge is 2.13. The zero-order valence-electron chi connectivity index (χ0n) is 9.70. The van der Waals surface area contributed by atoms with Gasteiger partial charge in [0.25, 0.3) is 0 Å². The summed E-state index contributed by atoms with van der Waals surface area (Å²) in [4.78, 5) is 5.82. The highest BCUT2D eigenvalue weighted by atomic mass is 35.5. The Morgan fingerprint density at radius 2 is 2.06 bits per heavy atom. The molecule has 0 spiro atoms. The number of para-hydroxylation sites is 1. The van der Waals surface area contributed by atoms with Gasteiger partial charge in [0.15, 0.2) is 5.82 Å². The van der Waals surface area contributed by atoms with Crippen molar-refractivity contribution in [2.75, 3.05) is 11.9 Å². The standard InChI is InChI=1S/C13H11Cl2FN2/c1-18(12-5-3-2-4-11(12)16)13-10(15)6-9(7-14)8-17-13/h2-6,8H,7H2,1H3. The van der Waals surface area contributed by atoms with Crippen LogP contribution in [0.3, 0.4) is 0 Å². The van der Waals surface area contributed by atoms with E-state index in [1.807, 2.05) is 0 Å². The summed E-state index contributed by atoms with van der Waals surface area (Å²) >= 11 is 11.8. The first kappa shape index (κ1) is 13.1. The summed E-state index contributed by atoms with van der Waals surface area (Å²) < 4.78 is 13.7. The quantitative estimate of drug-likeness (QED) is 0.778. The third kappa shape index (κ3) is 2.57. The molecule has 0 aliphatic rings. The fraction of sp³-hybridized carbons (Fsp3) is 0.154. The van der Waals surface area contributed by atoms with E-state index in [0.717, 1.165) is 5.56 Å². The van der Waals surface area contributed by atoms with Gasteiger partial charge in [-0.05, 0) is 23.8 Å². The molecule has 0 fully saturated rings. The number of benzene rings is 1. The third-order valence-electron chi connectivity index (χ3n) is 2.56. The van der Waals surface area contributed by atoms with Gasteiger partial charge < -0.3 is 4.90 Å². The molecule has 18 heavy (non-hydrogen) atoms. The summed E-state index contributed by atoms with van der Waals surface area (Å²) in [5.41, 5.74) is 1.25. The topological polar surface area (TPSA) is 16.1 Å². The van der Waals surface area contributed by atoms with E-state index in [0.29, 0.717) is 22.4 Å². The Bertz CT molecular complexity index is 560. The Labute approximate surface area is 115 Å². The molecular formula is C13H11Cl2FN2. The van der Waals surface area contributed by atoms with Crippen LogP contribution in [0.1, 0.15) is 5.56 Å². The zero-order chi connectivity index (χ0) is 13.1. The summed E-state index contributed by atoms with van der Waals surface area (Å²) in [5.74, 6) is 0.520. The maximum Gasteiger partial charge on any atom is 0.151 e. The number of alkyl halides is 1. The number of aromatic nitrogens is 1. The van der Waals surface area contributed by atoms with Gasteiger partial charge in [0.1, 0.15) is 5.82 Å². The fourth-order valence-corrected chi connectivity index (χ4v) is 2.09. The number of hydrogen-bond donors (Lipinski definition) is 0. The van der Waals surface area contributed by atoms with E-state index in [4.69, 9.17) is 23.2 Å². The second-order valence-corrected chi connectivity index (χ2v) is 4.47. The lowest BCUT2D eigenvalue weighted by molar-refractivity contribution is 0.627.